The summed E-state index contributed by atoms with van der Waals surface area (Å²) in [7, 11) is 0. The zero-order valence-electron chi connectivity index (χ0n) is 12.9. The molecule has 114 valence electrons. The summed E-state index contributed by atoms with van der Waals surface area (Å²) in [5, 5.41) is 8.79. The zero-order chi connectivity index (χ0) is 15.7. The van der Waals surface area contributed by atoms with E-state index < -0.39 is 0 Å². The third kappa shape index (κ3) is 2.52. The molecule has 0 saturated heterocycles. The molecule has 0 radical (unpaired) electrons. The average Bonchev–Trinajstić information content (AvgIpc) is 2.82. The van der Waals surface area contributed by atoms with Crippen LogP contribution in [0.3, 0.4) is 0 Å². The third-order valence-electron chi connectivity index (χ3n) is 3.43. The van der Waals surface area contributed by atoms with Crippen molar-refractivity contribution in [3.05, 3.63) is 41.6 Å². The van der Waals surface area contributed by atoms with Gasteiger partial charge in [0.05, 0.1) is 16.8 Å². The second kappa shape index (κ2) is 5.71. The van der Waals surface area contributed by atoms with Crippen molar-refractivity contribution in [1.82, 2.24) is 19.7 Å². The highest BCUT2D eigenvalue weighted by Crippen LogP contribution is 2.26. The summed E-state index contributed by atoms with van der Waals surface area (Å²) in [5.41, 5.74) is 2.35. The van der Waals surface area contributed by atoms with Crippen LogP contribution in [0.4, 0.5) is 10.2 Å². The lowest BCUT2D eigenvalue weighted by Gasteiger charge is -2.07. The first-order valence-corrected chi connectivity index (χ1v) is 7.34. The number of anilines is 1. The number of hydrogen-bond donors (Lipinski definition) is 1. The molecular weight excluding hydrogens is 281 g/mol. The average molecular weight is 299 g/mol. The monoisotopic (exact) mass is 299 g/mol. The number of nitrogens with zero attached hydrogens (tertiary/aromatic N) is 4. The van der Waals surface area contributed by atoms with Crippen LogP contribution in [0.2, 0.25) is 0 Å². The second-order valence-corrected chi connectivity index (χ2v) is 5.22. The van der Waals surface area contributed by atoms with Gasteiger partial charge in [0.15, 0.2) is 5.65 Å². The number of halogens is 1. The Morgan fingerprint density at radius 2 is 1.86 bits per heavy atom. The zero-order valence-corrected chi connectivity index (χ0v) is 12.9. The van der Waals surface area contributed by atoms with E-state index in [1.54, 1.807) is 16.8 Å². The summed E-state index contributed by atoms with van der Waals surface area (Å²) in [6.45, 7) is 6.73. The standard InChI is InChI=1S/C16H18FN5/c1-4-9-18-15-14-10(2)21-22(16(14)20-11(3)19-15)13-7-5-12(17)6-8-13/h5-8H,4,9H2,1-3H3,(H,18,19,20). The van der Waals surface area contributed by atoms with Crippen LogP contribution in [0.25, 0.3) is 16.7 Å². The van der Waals surface area contributed by atoms with Gasteiger partial charge in [0.25, 0.3) is 0 Å². The minimum Gasteiger partial charge on any atom is -0.369 e. The molecule has 0 aliphatic rings. The van der Waals surface area contributed by atoms with Crippen molar-refractivity contribution in [2.45, 2.75) is 27.2 Å². The molecule has 2 aromatic heterocycles. The molecule has 1 aromatic carbocycles. The Morgan fingerprint density at radius 1 is 1.14 bits per heavy atom. The van der Waals surface area contributed by atoms with E-state index in [0.29, 0.717) is 5.82 Å². The summed E-state index contributed by atoms with van der Waals surface area (Å²) in [5.74, 6) is 1.21. The molecule has 2 heterocycles. The van der Waals surface area contributed by atoms with Gasteiger partial charge in [-0.3, -0.25) is 0 Å². The molecule has 0 saturated carbocycles. The number of benzene rings is 1. The van der Waals surface area contributed by atoms with Crippen molar-refractivity contribution in [3.8, 4) is 5.69 Å². The van der Waals surface area contributed by atoms with Crippen molar-refractivity contribution in [3.63, 3.8) is 0 Å². The third-order valence-corrected chi connectivity index (χ3v) is 3.43. The Hall–Kier alpha value is -2.50. The minimum atomic E-state index is -0.270. The molecule has 0 spiro atoms. The van der Waals surface area contributed by atoms with Crippen LogP contribution in [0.1, 0.15) is 24.9 Å². The van der Waals surface area contributed by atoms with Crippen molar-refractivity contribution in [2.75, 3.05) is 11.9 Å². The van der Waals surface area contributed by atoms with Crippen LogP contribution < -0.4 is 5.32 Å². The number of aromatic nitrogens is 4. The first-order valence-electron chi connectivity index (χ1n) is 7.34. The highest BCUT2D eigenvalue weighted by molar-refractivity contribution is 5.90. The molecule has 6 heteroatoms. The SMILES string of the molecule is CCCNc1nc(C)nc2c1c(C)nn2-c1ccc(F)cc1. The number of aryl methyl sites for hydroxylation is 2. The summed E-state index contributed by atoms with van der Waals surface area (Å²) in [6, 6.07) is 6.22. The molecule has 0 amide bonds. The molecule has 22 heavy (non-hydrogen) atoms. The largest absolute Gasteiger partial charge is 0.369 e. The van der Waals surface area contributed by atoms with E-state index in [0.717, 1.165) is 41.2 Å². The Bertz CT molecular complexity index is 808. The highest BCUT2D eigenvalue weighted by Gasteiger charge is 2.16. The molecule has 0 fully saturated rings. The van der Waals surface area contributed by atoms with E-state index in [2.05, 4.69) is 27.3 Å². The number of rotatable bonds is 4. The first-order chi connectivity index (χ1) is 10.6. The van der Waals surface area contributed by atoms with Crippen molar-refractivity contribution in [1.29, 1.82) is 0 Å². The lowest BCUT2D eigenvalue weighted by atomic mass is 10.3. The van der Waals surface area contributed by atoms with E-state index in [9.17, 15) is 4.39 Å². The number of hydrogen-bond acceptors (Lipinski definition) is 4. The molecule has 0 atom stereocenters. The Labute approximate surface area is 128 Å². The first kappa shape index (κ1) is 14.4. The quantitative estimate of drug-likeness (QED) is 0.802. The molecule has 3 rings (SSSR count). The topological polar surface area (TPSA) is 55.6 Å². The fourth-order valence-electron chi connectivity index (χ4n) is 2.43. The molecule has 5 nitrogen and oxygen atoms in total. The van der Waals surface area contributed by atoms with Crippen molar-refractivity contribution in [2.24, 2.45) is 0 Å². The summed E-state index contributed by atoms with van der Waals surface area (Å²) in [6.07, 6.45) is 1.01. The van der Waals surface area contributed by atoms with Crippen LogP contribution in [0.15, 0.2) is 24.3 Å². The Kier molecular flexibility index (Phi) is 3.75. The van der Waals surface area contributed by atoms with E-state index in [1.165, 1.54) is 12.1 Å². The maximum atomic E-state index is 13.1. The van der Waals surface area contributed by atoms with Crippen LogP contribution in [-0.2, 0) is 0 Å². The fraction of sp³-hybridized carbons (Fsp3) is 0.312. The van der Waals surface area contributed by atoms with E-state index in [4.69, 9.17) is 0 Å². The van der Waals surface area contributed by atoms with Gasteiger partial charge in [-0.15, -0.1) is 0 Å². The van der Waals surface area contributed by atoms with E-state index in [-0.39, 0.29) is 5.82 Å². The fourth-order valence-corrected chi connectivity index (χ4v) is 2.43. The summed E-state index contributed by atoms with van der Waals surface area (Å²) in [4.78, 5) is 9.00. The van der Waals surface area contributed by atoms with Gasteiger partial charge in [-0.25, -0.2) is 19.0 Å². The smallest absolute Gasteiger partial charge is 0.168 e. The van der Waals surface area contributed by atoms with Gasteiger partial charge in [-0.2, -0.15) is 5.10 Å². The number of fused-ring (bicyclic) bond motifs is 1. The predicted octanol–water partition coefficient (Wildman–Crippen LogP) is 3.39. The van der Waals surface area contributed by atoms with Gasteiger partial charge in [0.2, 0.25) is 0 Å². The van der Waals surface area contributed by atoms with Gasteiger partial charge in [0, 0.05) is 6.54 Å². The molecular formula is C16H18FN5. The van der Waals surface area contributed by atoms with Crippen LogP contribution in [0.5, 0.6) is 0 Å². The molecule has 0 aliphatic heterocycles. The number of nitrogens with one attached hydrogen (secondary N) is 1. The van der Waals surface area contributed by atoms with Crippen LogP contribution >= 0.6 is 0 Å². The normalized spacial score (nSPS) is 11.1. The lowest BCUT2D eigenvalue weighted by molar-refractivity contribution is 0.627. The van der Waals surface area contributed by atoms with E-state index in [1.807, 2.05) is 13.8 Å². The van der Waals surface area contributed by atoms with Crippen molar-refractivity contribution >= 4 is 16.9 Å². The molecule has 0 bridgehead atoms. The summed E-state index contributed by atoms with van der Waals surface area (Å²) < 4.78 is 14.9. The van der Waals surface area contributed by atoms with Gasteiger partial charge in [-0.05, 0) is 44.5 Å². The van der Waals surface area contributed by atoms with E-state index >= 15 is 0 Å². The Balaban J connectivity index is 2.20. The van der Waals surface area contributed by atoms with Gasteiger partial charge in [-0.1, -0.05) is 6.92 Å². The molecule has 0 aliphatic carbocycles. The molecule has 1 N–H and O–H groups in total. The Morgan fingerprint density at radius 3 is 2.55 bits per heavy atom. The van der Waals surface area contributed by atoms with Crippen LogP contribution in [-0.4, -0.2) is 26.3 Å². The maximum Gasteiger partial charge on any atom is 0.168 e. The second-order valence-electron chi connectivity index (χ2n) is 5.22. The van der Waals surface area contributed by atoms with Gasteiger partial charge < -0.3 is 5.32 Å². The van der Waals surface area contributed by atoms with Gasteiger partial charge in [0.1, 0.15) is 17.5 Å². The molecule has 0 unspecified atom stereocenters. The maximum absolute atomic E-state index is 13.1. The predicted molar refractivity (Wildman–Crippen MR) is 84.9 cm³/mol. The lowest BCUT2D eigenvalue weighted by Crippen LogP contribution is -2.05. The van der Waals surface area contributed by atoms with Crippen molar-refractivity contribution < 1.29 is 4.39 Å². The molecule has 3 aromatic rings. The minimum absolute atomic E-state index is 0.270. The van der Waals surface area contributed by atoms with Crippen LogP contribution in [0, 0.1) is 19.7 Å². The summed E-state index contributed by atoms with van der Waals surface area (Å²) >= 11 is 0. The highest BCUT2D eigenvalue weighted by atomic mass is 19.1. The van der Waals surface area contributed by atoms with Gasteiger partial charge >= 0.3 is 0 Å².